The molecule has 3 amide bonds. The average molecular weight is 482 g/mol. The first-order chi connectivity index (χ1) is 16.4. The number of nitrogens with one attached hydrogen (secondary N) is 2. The quantitative estimate of drug-likeness (QED) is 0.512. The van der Waals surface area contributed by atoms with Crippen LogP contribution in [-0.4, -0.2) is 45.9 Å². The van der Waals surface area contributed by atoms with Gasteiger partial charge in [0.2, 0.25) is 16.9 Å². The van der Waals surface area contributed by atoms with Crippen molar-refractivity contribution in [2.24, 2.45) is 5.92 Å². The molecule has 0 radical (unpaired) electrons. The summed E-state index contributed by atoms with van der Waals surface area (Å²) in [6.45, 7) is 2.70. The number of carbonyl (C=O) groups is 3. The highest BCUT2D eigenvalue weighted by Gasteiger charge is 2.34. The Morgan fingerprint density at radius 3 is 2.62 bits per heavy atom. The molecule has 1 aliphatic rings. The van der Waals surface area contributed by atoms with E-state index >= 15 is 0 Å². The van der Waals surface area contributed by atoms with Crippen LogP contribution in [0.15, 0.2) is 48.5 Å². The SMILES string of the molecule is CCc1nnc(NC(=O)c2ccccc2NC(=O)C2CC(=O)N(CCc3ccc(F)cc3)C2)s1. The molecule has 1 atom stereocenters. The summed E-state index contributed by atoms with van der Waals surface area (Å²) < 4.78 is 13.1. The lowest BCUT2D eigenvalue weighted by Gasteiger charge is -2.17. The number of aromatic nitrogens is 2. The van der Waals surface area contributed by atoms with E-state index in [1.807, 2.05) is 6.92 Å². The van der Waals surface area contributed by atoms with Gasteiger partial charge in [0, 0.05) is 19.5 Å². The van der Waals surface area contributed by atoms with Crippen molar-refractivity contribution in [2.45, 2.75) is 26.2 Å². The van der Waals surface area contributed by atoms with Crippen molar-refractivity contribution < 1.29 is 18.8 Å². The molecular formula is C24H24FN5O3S. The van der Waals surface area contributed by atoms with Crippen molar-refractivity contribution in [3.05, 3.63) is 70.5 Å². The summed E-state index contributed by atoms with van der Waals surface area (Å²) in [4.78, 5) is 39.8. The van der Waals surface area contributed by atoms with Crippen LogP contribution in [-0.2, 0) is 22.4 Å². The van der Waals surface area contributed by atoms with Crippen LogP contribution in [0.25, 0.3) is 0 Å². The number of anilines is 2. The third-order valence-electron chi connectivity index (χ3n) is 5.59. The zero-order chi connectivity index (χ0) is 24.1. The van der Waals surface area contributed by atoms with E-state index < -0.39 is 11.8 Å². The minimum Gasteiger partial charge on any atom is -0.342 e. The molecule has 1 aliphatic heterocycles. The van der Waals surface area contributed by atoms with Crippen LogP contribution < -0.4 is 10.6 Å². The summed E-state index contributed by atoms with van der Waals surface area (Å²) >= 11 is 1.30. The fraction of sp³-hybridized carbons (Fsp3) is 0.292. The Balaban J connectivity index is 1.36. The molecule has 0 spiro atoms. The Hall–Kier alpha value is -3.66. The Kier molecular flexibility index (Phi) is 7.27. The largest absolute Gasteiger partial charge is 0.342 e. The van der Waals surface area contributed by atoms with Gasteiger partial charge in [0.15, 0.2) is 0 Å². The summed E-state index contributed by atoms with van der Waals surface area (Å²) in [5.41, 5.74) is 1.58. The van der Waals surface area contributed by atoms with Gasteiger partial charge < -0.3 is 10.2 Å². The van der Waals surface area contributed by atoms with Crippen LogP contribution in [0, 0.1) is 11.7 Å². The van der Waals surface area contributed by atoms with E-state index in [0.29, 0.717) is 35.9 Å². The molecule has 1 saturated heterocycles. The smallest absolute Gasteiger partial charge is 0.259 e. The first-order valence-corrected chi connectivity index (χ1v) is 11.8. The topological polar surface area (TPSA) is 104 Å². The van der Waals surface area contributed by atoms with Crippen molar-refractivity contribution in [3.8, 4) is 0 Å². The summed E-state index contributed by atoms with van der Waals surface area (Å²) in [7, 11) is 0. The van der Waals surface area contributed by atoms with Crippen LogP contribution in [0.5, 0.6) is 0 Å². The summed E-state index contributed by atoms with van der Waals surface area (Å²) in [5, 5.41) is 14.7. The molecule has 2 aromatic carbocycles. The summed E-state index contributed by atoms with van der Waals surface area (Å²) in [5.74, 6) is -1.65. The third kappa shape index (κ3) is 5.63. The minimum atomic E-state index is -0.521. The number of hydrogen-bond acceptors (Lipinski definition) is 6. The molecule has 3 aromatic rings. The number of likely N-dealkylation sites (tertiary alicyclic amines) is 1. The molecule has 1 aromatic heterocycles. The van der Waals surface area contributed by atoms with Crippen molar-refractivity contribution in [1.82, 2.24) is 15.1 Å². The molecule has 2 heterocycles. The zero-order valence-electron chi connectivity index (χ0n) is 18.6. The number of amides is 3. The fourth-order valence-electron chi connectivity index (χ4n) is 3.72. The van der Waals surface area contributed by atoms with Crippen LogP contribution >= 0.6 is 11.3 Å². The maximum Gasteiger partial charge on any atom is 0.259 e. The lowest BCUT2D eigenvalue weighted by atomic mass is 10.1. The normalized spacial score (nSPS) is 15.4. The van der Waals surface area contributed by atoms with Crippen molar-refractivity contribution in [2.75, 3.05) is 23.7 Å². The monoisotopic (exact) mass is 481 g/mol. The van der Waals surface area contributed by atoms with E-state index in [0.717, 1.165) is 17.0 Å². The van der Waals surface area contributed by atoms with E-state index in [1.165, 1.54) is 23.5 Å². The van der Waals surface area contributed by atoms with Crippen LogP contribution in [0.3, 0.4) is 0 Å². The van der Waals surface area contributed by atoms with Crippen molar-refractivity contribution in [3.63, 3.8) is 0 Å². The average Bonchev–Trinajstić information content (AvgIpc) is 3.45. The second-order valence-electron chi connectivity index (χ2n) is 7.96. The van der Waals surface area contributed by atoms with Gasteiger partial charge in [-0.15, -0.1) is 10.2 Å². The van der Waals surface area contributed by atoms with Crippen molar-refractivity contribution in [1.29, 1.82) is 0 Å². The Labute approximate surface area is 200 Å². The Bertz CT molecular complexity index is 1200. The number of nitrogens with zero attached hydrogens (tertiary/aromatic N) is 3. The van der Waals surface area contributed by atoms with E-state index in [9.17, 15) is 18.8 Å². The highest BCUT2D eigenvalue weighted by Crippen LogP contribution is 2.23. The maximum absolute atomic E-state index is 13.1. The predicted molar refractivity (Wildman–Crippen MR) is 127 cm³/mol. The van der Waals surface area contributed by atoms with Gasteiger partial charge in [0.05, 0.1) is 17.2 Å². The number of rotatable bonds is 8. The number of hydrogen-bond donors (Lipinski definition) is 2. The molecular weight excluding hydrogens is 457 g/mol. The number of halogens is 1. The predicted octanol–water partition coefficient (Wildman–Crippen LogP) is 3.52. The second kappa shape index (κ2) is 10.5. The van der Waals surface area contributed by atoms with Gasteiger partial charge in [-0.05, 0) is 42.7 Å². The first kappa shape index (κ1) is 23.5. The number of para-hydroxylation sites is 1. The lowest BCUT2D eigenvalue weighted by molar-refractivity contribution is -0.128. The van der Waals surface area contributed by atoms with E-state index in [-0.39, 0.29) is 24.1 Å². The molecule has 8 nitrogen and oxygen atoms in total. The molecule has 10 heteroatoms. The number of benzene rings is 2. The number of carbonyl (C=O) groups excluding carboxylic acids is 3. The van der Waals surface area contributed by atoms with Gasteiger partial charge in [-0.2, -0.15) is 0 Å². The van der Waals surface area contributed by atoms with Gasteiger partial charge in [-0.25, -0.2) is 4.39 Å². The first-order valence-electron chi connectivity index (χ1n) is 11.0. The lowest BCUT2D eigenvalue weighted by Crippen LogP contribution is -2.30. The molecule has 34 heavy (non-hydrogen) atoms. The van der Waals surface area contributed by atoms with Crippen LogP contribution in [0.4, 0.5) is 15.2 Å². The number of aryl methyl sites for hydroxylation is 1. The molecule has 4 rings (SSSR count). The van der Waals surface area contributed by atoms with Crippen LogP contribution in [0.2, 0.25) is 0 Å². The molecule has 0 bridgehead atoms. The molecule has 2 N–H and O–H groups in total. The molecule has 1 unspecified atom stereocenters. The molecule has 0 aliphatic carbocycles. The molecule has 0 saturated carbocycles. The highest BCUT2D eigenvalue weighted by molar-refractivity contribution is 7.15. The second-order valence-corrected chi connectivity index (χ2v) is 9.02. The highest BCUT2D eigenvalue weighted by atomic mass is 32.1. The van der Waals surface area contributed by atoms with E-state index in [4.69, 9.17) is 0 Å². The maximum atomic E-state index is 13.1. The fourth-order valence-corrected chi connectivity index (χ4v) is 4.39. The molecule has 176 valence electrons. The summed E-state index contributed by atoms with van der Waals surface area (Å²) in [6.07, 6.45) is 1.41. The molecule has 1 fully saturated rings. The zero-order valence-corrected chi connectivity index (χ0v) is 19.4. The van der Waals surface area contributed by atoms with Gasteiger partial charge in [0.25, 0.3) is 5.91 Å². The van der Waals surface area contributed by atoms with Gasteiger partial charge in [-0.1, -0.05) is 42.5 Å². The van der Waals surface area contributed by atoms with E-state index in [1.54, 1.807) is 41.3 Å². The van der Waals surface area contributed by atoms with Crippen LogP contribution in [0.1, 0.15) is 34.3 Å². The minimum absolute atomic E-state index is 0.101. The Morgan fingerprint density at radius 2 is 1.88 bits per heavy atom. The Morgan fingerprint density at radius 1 is 1.12 bits per heavy atom. The van der Waals surface area contributed by atoms with Gasteiger partial charge in [0.1, 0.15) is 10.8 Å². The third-order valence-corrected chi connectivity index (χ3v) is 6.57. The van der Waals surface area contributed by atoms with Gasteiger partial charge in [-0.3, -0.25) is 19.7 Å². The van der Waals surface area contributed by atoms with Gasteiger partial charge >= 0.3 is 0 Å². The summed E-state index contributed by atoms with van der Waals surface area (Å²) in [6, 6.07) is 12.8. The van der Waals surface area contributed by atoms with Crippen molar-refractivity contribution >= 4 is 39.9 Å². The van der Waals surface area contributed by atoms with E-state index in [2.05, 4.69) is 20.8 Å². The standard InChI is InChI=1S/C24H24FN5O3S/c1-2-20-28-29-24(34-20)27-23(33)18-5-3-4-6-19(18)26-22(32)16-13-21(31)30(14-16)12-11-15-7-9-17(25)10-8-15/h3-10,16H,2,11-14H2,1H3,(H,26,32)(H,27,29,33).